The summed E-state index contributed by atoms with van der Waals surface area (Å²) in [6.07, 6.45) is -1.83. The standard InChI is InChI=1S/C14H18BrNO5/c1-8-4-5-11(10(15)6-8)21-9(2)13(17)16-7-12(20-3)14(18)19/h4-6,9,12H,7H2,1-3H3,(H,16,17)(H,18,19). The summed E-state index contributed by atoms with van der Waals surface area (Å²) in [5, 5.41) is 11.3. The van der Waals surface area contributed by atoms with E-state index in [4.69, 9.17) is 14.6 Å². The number of carboxylic acid groups (broad SMARTS) is 1. The number of aliphatic carboxylic acids is 1. The van der Waals surface area contributed by atoms with Crippen LogP contribution < -0.4 is 10.1 Å². The highest BCUT2D eigenvalue weighted by Crippen LogP contribution is 2.26. The number of aryl methyl sites for hydroxylation is 1. The molecule has 0 saturated carbocycles. The Kier molecular flexibility index (Phi) is 6.64. The summed E-state index contributed by atoms with van der Waals surface area (Å²) in [5.41, 5.74) is 1.07. The number of halogens is 1. The van der Waals surface area contributed by atoms with Crippen LogP contribution in [0.2, 0.25) is 0 Å². The van der Waals surface area contributed by atoms with Gasteiger partial charge < -0.3 is 19.9 Å². The van der Waals surface area contributed by atoms with Crippen molar-refractivity contribution < 1.29 is 24.2 Å². The van der Waals surface area contributed by atoms with Crippen molar-refractivity contribution in [3.63, 3.8) is 0 Å². The summed E-state index contributed by atoms with van der Waals surface area (Å²) in [6.45, 7) is 3.42. The average molecular weight is 360 g/mol. The van der Waals surface area contributed by atoms with E-state index in [-0.39, 0.29) is 6.54 Å². The molecular formula is C14H18BrNO5. The average Bonchev–Trinajstić information content (AvgIpc) is 2.41. The number of carbonyl (C=O) groups excluding carboxylic acids is 1. The Balaban J connectivity index is 2.56. The number of hydrogen-bond donors (Lipinski definition) is 2. The molecule has 2 N–H and O–H groups in total. The molecule has 2 atom stereocenters. The molecule has 1 aromatic carbocycles. The van der Waals surface area contributed by atoms with E-state index in [1.54, 1.807) is 13.0 Å². The van der Waals surface area contributed by atoms with Crippen LogP contribution >= 0.6 is 15.9 Å². The van der Waals surface area contributed by atoms with Gasteiger partial charge in [0, 0.05) is 7.11 Å². The predicted octanol–water partition coefficient (Wildman–Crippen LogP) is 1.74. The van der Waals surface area contributed by atoms with Gasteiger partial charge in [0.25, 0.3) is 5.91 Å². The van der Waals surface area contributed by atoms with Crippen LogP contribution in [0, 0.1) is 6.92 Å². The van der Waals surface area contributed by atoms with Gasteiger partial charge in [0.15, 0.2) is 12.2 Å². The monoisotopic (exact) mass is 359 g/mol. The molecule has 1 aromatic rings. The van der Waals surface area contributed by atoms with Crippen LogP contribution in [-0.4, -0.2) is 42.8 Å². The van der Waals surface area contributed by atoms with E-state index in [9.17, 15) is 9.59 Å². The zero-order valence-electron chi connectivity index (χ0n) is 12.1. The molecule has 1 amide bonds. The van der Waals surface area contributed by atoms with Crippen LogP contribution in [0.1, 0.15) is 12.5 Å². The van der Waals surface area contributed by atoms with E-state index in [0.29, 0.717) is 5.75 Å². The minimum absolute atomic E-state index is 0.118. The Labute approximate surface area is 131 Å². The molecular weight excluding hydrogens is 342 g/mol. The Morgan fingerprint density at radius 2 is 2.10 bits per heavy atom. The first kappa shape index (κ1) is 17.5. The topological polar surface area (TPSA) is 84.9 Å². The molecule has 7 heteroatoms. The van der Waals surface area contributed by atoms with Gasteiger partial charge in [0.2, 0.25) is 0 Å². The van der Waals surface area contributed by atoms with Gasteiger partial charge in [-0.25, -0.2) is 4.79 Å². The van der Waals surface area contributed by atoms with E-state index < -0.39 is 24.1 Å². The highest BCUT2D eigenvalue weighted by atomic mass is 79.9. The number of hydrogen-bond acceptors (Lipinski definition) is 4. The summed E-state index contributed by atoms with van der Waals surface area (Å²) in [6, 6.07) is 5.51. The maximum atomic E-state index is 11.9. The van der Waals surface area contributed by atoms with Crippen molar-refractivity contribution in [1.82, 2.24) is 5.32 Å². The van der Waals surface area contributed by atoms with Crippen LogP contribution in [0.25, 0.3) is 0 Å². The molecule has 0 aliphatic carbocycles. The third-order valence-electron chi connectivity index (χ3n) is 2.78. The number of amides is 1. The number of carbonyl (C=O) groups is 2. The first-order chi connectivity index (χ1) is 9.85. The minimum Gasteiger partial charge on any atom is -0.480 e. The Hall–Kier alpha value is -1.60. The van der Waals surface area contributed by atoms with Crippen molar-refractivity contribution in [3.8, 4) is 5.75 Å². The van der Waals surface area contributed by atoms with Crippen LogP contribution in [-0.2, 0) is 14.3 Å². The Morgan fingerprint density at radius 3 is 2.62 bits per heavy atom. The van der Waals surface area contributed by atoms with Crippen molar-refractivity contribution in [3.05, 3.63) is 28.2 Å². The lowest BCUT2D eigenvalue weighted by molar-refractivity contribution is -0.148. The second-order valence-corrected chi connectivity index (χ2v) is 5.36. The van der Waals surface area contributed by atoms with Crippen LogP contribution in [0.5, 0.6) is 5.75 Å². The molecule has 2 unspecified atom stereocenters. The molecule has 0 fully saturated rings. The highest BCUT2D eigenvalue weighted by molar-refractivity contribution is 9.10. The van der Waals surface area contributed by atoms with E-state index in [1.807, 2.05) is 19.1 Å². The van der Waals surface area contributed by atoms with Gasteiger partial charge in [-0.15, -0.1) is 0 Å². The van der Waals surface area contributed by atoms with Gasteiger partial charge in [-0.1, -0.05) is 6.07 Å². The molecule has 0 bridgehead atoms. The first-order valence-corrected chi connectivity index (χ1v) is 7.10. The Morgan fingerprint density at radius 1 is 1.43 bits per heavy atom. The first-order valence-electron chi connectivity index (χ1n) is 6.31. The second kappa shape index (κ2) is 7.99. The molecule has 116 valence electrons. The molecule has 0 aliphatic rings. The van der Waals surface area contributed by atoms with Crippen molar-refractivity contribution >= 4 is 27.8 Å². The fourth-order valence-corrected chi connectivity index (χ4v) is 2.14. The van der Waals surface area contributed by atoms with Gasteiger partial charge in [-0.2, -0.15) is 0 Å². The summed E-state index contributed by atoms with van der Waals surface area (Å²) in [4.78, 5) is 22.6. The summed E-state index contributed by atoms with van der Waals surface area (Å²) in [7, 11) is 1.27. The number of benzene rings is 1. The molecule has 1 rings (SSSR count). The van der Waals surface area contributed by atoms with Crippen molar-refractivity contribution in [2.45, 2.75) is 26.1 Å². The van der Waals surface area contributed by atoms with Crippen LogP contribution in [0.4, 0.5) is 0 Å². The zero-order valence-corrected chi connectivity index (χ0v) is 13.6. The normalized spacial score (nSPS) is 13.3. The third-order valence-corrected chi connectivity index (χ3v) is 3.40. The summed E-state index contributed by atoms with van der Waals surface area (Å²) >= 11 is 3.36. The van der Waals surface area contributed by atoms with Gasteiger partial charge in [0.05, 0.1) is 11.0 Å². The number of ether oxygens (including phenoxy) is 2. The minimum atomic E-state index is -1.13. The SMILES string of the molecule is COC(CNC(=O)C(C)Oc1ccc(C)cc1Br)C(=O)O. The molecule has 0 saturated heterocycles. The molecule has 0 radical (unpaired) electrons. The van der Waals surface area contributed by atoms with Gasteiger partial charge in [-0.05, 0) is 47.5 Å². The van der Waals surface area contributed by atoms with Crippen LogP contribution in [0.3, 0.4) is 0 Å². The van der Waals surface area contributed by atoms with E-state index in [1.165, 1.54) is 7.11 Å². The molecule has 0 aliphatic heterocycles. The van der Waals surface area contributed by atoms with Crippen LogP contribution in [0.15, 0.2) is 22.7 Å². The molecule has 21 heavy (non-hydrogen) atoms. The van der Waals surface area contributed by atoms with Crippen molar-refractivity contribution in [2.24, 2.45) is 0 Å². The third kappa shape index (κ3) is 5.35. The zero-order chi connectivity index (χ0) is 16.0. The fraction of sp³-hybridized carbons (Fsp3) is 0.429. The lowest BCUT2D eigenvalue weighted by Gasteiger charge is -2.17. The lowest BCUT2D eigenvalue weighted by atomic mass is 10.2. The number of rotatable bonds is 7. The molecule has 0 spiro atoms. The quantitative estimate of drug-likeness (QED) is 0.774. The smallest absolute Gasteiger partial charge is 0.334 e. The van der Waals surface area contributed by atoms with Gasteiger partial charge in [-0.3, -0.25) is 4.79 Å². The lowest BCUT2D eigenvalue weighted by Crippen LogP contribution is -2.43. The Bertz CT molecular complexity index is 520. The van der Waals surface area contributed by atoms with Gasteiger partial charge in [0.1, 0.15) is 5.75 Å². The maximum Gasteiger partial charge on any atom is 0.334 e. The van der Waals surface area contributed by atoms with Crippen molar-refractivity contribution in [1.29, 1.82) is 0 Å². The van der Waals surface area contributed by atoms with E-state index in [0.717, 1.165) is 10.0 Å². The summed E-state index contributed by atoms with van der Waals surface area (Å²) < 4.78 is 11.0. The largest absolute Gasteiger partial charge is 0.480 e. The van der Waals surface area contributed by atoms with Crippen molar-refractivity contribution in [2.75, 3.05) is 13.7 Å². The molecule has 0 heterocycles. The fourth-order valence-electron chi connectivity index (χ4n) is 1.55. The molecule has 0 aromatic heterocycles. The predicted molar refractivity (Wildman–Crippen MR) is 80.4 cm³/mol. The van der Waals surface area contributed by atoms with Gasteiger partial charge >= 0.3 is 5.97 Å². The molecule has 6 nitrogen and oxygen atoms in total. The maximum absolute atomic E-state index is 11.9. The highest BCUT2D eigenvalue weighted by Gasteiger charge is 2.21. The number of carboxylic acids is 1. The van der Waals surface area contributed by atoms with E-state index in [2.05, 4.69) is 21.2 Å². The van der Waals surface area contributed by atoms with E-state index >= 15 is 0 Å². The number of nitrogens with one attached hydrogen (secondary N) is 1. The summed E-state index contributed by atoms with van der Waals surface area (Å²) in [5.74, 6) is -0.997. The second-order valence-electron chi connectivity index (χ2n) is 4.50. The number of methoxy groups -OCH3 is 1.